The minimum atomic E-state index is -0.223. The van der Waals surface area contributed by atoms with Crippen LogP contribution in [0.4, 0.5) is 0 Å². The maximum atomic E-state index is 12.6. The van der Waals surface area contributed by atoms with E-state index in [1.165, 1.54) is 11.1 Å². The van der Waals surface area contributed by atoms with Crippen molar-refractivity contribution < 1.29 is 18.8 Å². The molecule has 0 bridgehead atoms. The number of hydrogen-bond donors (Lipinski definition) is 0. The standard InChI is InChI=1S/C23H25N3O4/c1-14-5-6-17(15(2)11-14)13-26-18(8-10-21(26)27)23-24-22(25-30-23)16-7-9-19(28-3)20(12-16)29-4/h5-7,9,11-12,18H,8,10,13H2,1-4H3. The molecule has 1 fully saturated rings. The van der Waals surface area contributed by atoms with Crippen LogP contribution in [-0.2, 0) is 11.3 Å². The third-order valence-electron chi connectivity index (χ3n) is 5.54. The van der Waals surface area contributed by atoms with E-state index in [2.05, 4.69) is 42.2 Å². The first kappa shape index (κ1) is 19.9. The Hall–Kier alpha value is -3.35. The molecule has 0 radical (unpaired) electrons. The number of nitrogens with zero attached hydrogens (tertiary/aromatic N) is 3. The Morgan fingerprint density at radius 2 is 1.90 bits per heavy atom. The topological polar surface area (TPSA) is 77.7 Å². The van der Waals surface area contributed by atoms with E-state index in [9.17, 15) is 4.79 Å². The Bertz CT molecular complexity index is 1080. The van der Waals surface area contributed by atoms with Gasteiger partial charge in [-0.3, -0.25) is 4.79 Å². The van der Waals surface area contributed by atoms with Crippen LogP contribution in [0.15, 0.2) is 40.9 Å². The molecule has 30 heavy (non-hydrogen) atoms. The highest BCUT2D eigenvalue weighted by Gasteiger charge is 2.36. The predicted molar refractivity (Wildman–Crippen MR) is 111 cm³/mol. The average molecular weight is 407 g/mol. The number of benzene rings is 2. The van der Waals surface area contributed by atoms with Crippen molar-refractivity contribution in [2.45, 2.75) is 39.3 Å². The fourth-order valence-electron chi connectivity index (χ4n) is 3.86. The second kappa shape index (κ2) is 8.18. The van der Waals surface area contributed by atoms with Gasteiger partial charge in [-0.15, -0.1) is 0 Å². The zero-order valence-electron chi connectivity index (χ0n) is 17.6. The molecule has 1 atom stereocenters. The van der Waals surface area contributed by atoms with E-state index in [0.29, 0.717) is 42.6 Å². The number of aryl methyl sites for hydroxylation is 2. The summed E-state index contributed by atoms with van der Waals surface area (Å²) in [5.41, 5.74) is 4.26. The molecule has 1 aliphatic heterocycles. The number of hydrogen-bond acceptors (Lipinski definition) is 6. The van der Waals surface area contributed by atoms with Crippen LogP contribution in [0.1, 0.15) is 41.5 Å². The maximum absolute atomic E-state index is 12.6. The molecule has 2 heterocycles. The van der Waals surface area contributed by atoms with Crippen LogP contribution in [0.5, 0.6) is 11.5 Å². The van der Waals surface area contributed by atoms with Gasteiger partial charge in [0.15, 0.2) is 11.5 Å². The van der Waals surface area contributed by atoms with E-state index in [1.54, 1.807) is 26.4 Å². The molecule has 1 saturated heterocycles. The summed E-state index contributed by atoms with van der Waals surface area (Å²) >= 11 is 0. The van der Waals surface area contributed by atoms with Gasteiger partial charge in [-0.05, 0) is 49.6 Å². The molecule has 1 unspecified atom stereocenters. The molecule has 0 N–H and O–H groups in total. The fourth-order valence-corrected chi connectivity index (χ4v) is 3.86. The van der Waals surface area contributed by atoms with Crippen molar-refractivity contribution in [2.24, 2.45) is 0 Å². The van der Waals surface area contributed by atoms with Gasteiger partial charge >= 0.3 is 0 Å². The SMILES string of the molecule is COc1ccc(-c2noc(C3CCC(=O)N3Cc3ccc(C)cc3C)n2)cc1OC. The van der Waals surface area contributed by atoms with Crippen molar-refractivity contribution in [2.75, 3.05) is 14.2 Å². The Morgan fingerprint density at radius 1 is 1.10 bits per heavy atom. The van der Waals surface area contributed by atoms with E-state index in [1.807, 2.05) is 11.0 Å². The number of methoxy groups -OCH3 is 2. The molecule has 1 aromatic heterocycles. The van der Waals surface area contributed by atoms with Crippen LogP contribution in [-0.4, -0.2) is 35.2 Å². The van der Waals surface area contributed by atoms with Gasteiger partial charge < -0.3 is 18.9 Å². The van der Waals surface area contributed by atoms with Gasteiger partial charge in [-0.25, -0.2) is 0 Å². The average Bonchev–Trinajstić information content (AvgIpc) is 3.36. The van der Waals surface area contributed by atoms with Crippen molar-refractivity contribution in [1.29, 1.82) is 0 Å². The van der Waals surface area contributed by atoms with Gasteiger partial charge in [0, 0.05) is 18.5 Å². The molecule has 156 valence electrons. The summed E-state index contributed by atoms with van der Waals surface area (Å²) in [4.78, 5) is 19.0. The van der Waals surface area contributed by atoms with Gasteiger partial charge in [-0.2, -0.15) is 4.98 Å². The minimum absolute atomic E-state index is 0.103. The molecule has 4 rings (SSSR count). The molecular weight excluding hydrogens is 382 g/mol. The molecule has 3 aromatic rings. The monoisotopic (exact) mass is 407 g/mol. The fraction of sp³-hybridized carbons (Fsp3) is 0.348. The lowest BCUT2D eigenvalue weighted by Gasteiger charge is -2.23. The predicted octanol–water partition coefficient (Wildman–Crippen LogP) is 4.23. The zero-order valence-corrected chi connectivity index (χ0v) is 17.6. The van der Waals surface area contributed by atoms with Crippen molar-refractivity contribution in [3.63, 3.8) is 0 Å². The highest BCUT2D eigenvalue weighted by Crippen LogP contribution is 2.36. The normalized spacial score (nSPS) is 16.2. The number of aromatic nitrogens is 2. The molecular formula is C23H25N3O4. The van der Waals surface area contributed by atoms with Gasteiger partial charge in [0.1, 0.15) is 6.04 Å². The summed E-state index contributed by atoms with van der Waals surface area (Å²) in [6, 6.07) is 11.5. The number of ether oxygens (including phenoxy) is 2. The second-order valence-corrected chi connectivity index (χ2v) is 7.53. The maximum Gasteiger partial charge on any atom is 0.249 e. The smallest absolute Gasteiger partial charge is 0.249 e. The van der Waals surface area contributed by atoms with E-state index in [4.69, 9.17) is 14.0 Å². The first-order valence-electron chi connectivity index (χ1n) is 9.91. The van der Waals surface area contributed by atoms with Crippen molar-refractivity contribution in [3.05, 3.63) is 59.0 Å². The number of amides is 1. The van der Waals surface area contributed by atoms with Crippen LogP contribution >= 0.6 is 0 Å². The third-order valence-corrected chi connectivity index (χ3v) is 5.54. The van der Waals surface area contributed by atoms with Crippen molar-refractivity contribution in [3.8, 4) is 22.9 Å². The molecule has 0 aliphatic carbocycles. The van der Waals surface area contributed by atoms with Crippen molar-refractivity contribution >= 4 is 5.91 Å². The van der Waals surface area contributed by atoms with Gasteiger partial charge in [0.2, 0.25) is 17.6 Å². The summed E-state index contributed by atoms with van der Waals surface area (Å²) in [5, 5.41) is 4.14. The number of likely N-dealkylation sites (tertiary alicyclic amines) is 1. The van der Waals surface area contributed by atoms with E-state index >= 15 is 0 Å². The van der Waals surface area contributed by atoms with Gasteiger partial charge in [0.05, 0.1) is 14.2 Å². The molecule has 2 aromatic carbocycles. The number of rotatable bonds is 6. The summed E-state index contributed by atoms with van der Waals surface area (Å²) in [6.45, 7) is 4.66. The first-order valence-corrected chi connectivity index (χ1v) is 9.91. The van der Waals surface area contributed by atoms with Crippen LogP contribution < -0.4 is 9.47 Å². The third kappa shape index (κ3) is 3.75. The van der Waals surface area contributed by atoms with Crippen LogP contribution in [0.2, 0.25) is 0 Å². The Labute approximate surface area is 175 Å². The second-order valence-electron chi connectivity index (χ2n) is 7.53. The molecule has 0 saturated carbocycles. The zero-order chi connectivity index (χ0) is 21.3. The Morgan fingerprint density at radius 3 is 2.63 bits per heavy atom. The number of carbonyl (C=O) groups is 1. The Balaban J connectivity index is 1.59. The van der Waals surface area contributed by atoms with Crippen LogP contribution in [0.3, 0.4) is 0 Å². The molecule has 1 amide bonds. The minimum Gasteiger partial charge on any atom is -0.493 e. The Kier molecular flexibility index (Phi) is 5.44. The molecule has 0 spiro atoms. The molecule has 7 nitrogen and oxygen atoms in total. The van der Waals surface area contributed by atoms with Crippen LogP contribution in [0.25, 0.3) is 11.4 Å². The molecule has 7 heteroatoms. The van der Waals surface area contributed by atoms with E-state index < -0.39 is 0 Å². The quantitative estimate of drug-likeness (QED) is 0.608. The summed E-state index contributed by atoms with van der Waals surface area (Å²) < 4.78 is 16.2. The van der Waals surface area contributed by atoms with E-state index in [-0.39, 0.29) is 11.9 Å². The van der Waals surface area contributed by atoms with E-state index in [0.717, 1.165) is 11.1 Å². The lowest BCUT2D eigenvalue weighted by Crippen LogP contribution is -2.27. The lowest BCUT2D eigenvalue weighted by atomic mass is 10.0. The largest absolute Gasteiger partial charge is 0.493 e. The lowest BCUT2D eigenvalue weighted by molar-refractivity contribution is -0.130. The van der Waals surface area contributed by atoms with Crippen molar-refractivity contribution in [1.82, 2.24) is 15.0 Å². The summed E-state index contributed by atoms with van der Waals surface area (Å²) in [5.74, 6) is 2.23. The summed E-state index contributed by atoms with van der Waals surface area (Å²) in [6.07, 6.45) is 1.14. The highest BCUT2D eigenvalue weighted by atomic mass is 16.5. The number of carbonyl (C=O) groups excluding carboxylic acids is 1. The van der Waals surface area contributed by atoms with Gasteiger partial charge in [-0.1, -0.05) is 28.9 Å². The highest BCUT2D eigenvalue weighted by molar-refractivity contribution is 5.79. The molecule has 1 aliphatic rings. The van der Waals surface area contributed by atoms with Gasteiger partial charge in [0.25, 0.3) is 0 Å². The summed E-state index contributed by atoms with van der Waals surface area (Å²) in [7, 11) is 3.17. The first-order chi connectivity index (χ1) is 14.5. The van der Waals surface area contributed by atoms with Crippen LogP contribution in [0, 0.1) is 13.8 Å².